The topological polar surface area (TPSA) is 15.3 Å². The van der Waals surface area contributed by atoms with Crippen molar-refractivity contribution in [2.24, 2.45) is 0 Å². The van der Waals surface area contributed by atoms with Crippen molar-refractivity contribution in [1.82, 2.24) is 10.2 Å². The summed E-state index contributed by atoms with van der Waals surface area (Å²) in [6.07, 6.45) is 3.77. The van der Waals surface area contributed by atoms with Crippen molar-refractivity contribution in [2.45, 2.75) is 38.8 Å². The first-order chi connectivity index (χ1) is 8.35. The van der Waals surface area contributed by atoms with Crippen LogP contribution in [0.2, 0.25) is 0 Å². The summed E-state index contributed by atoms with van der Waals surface area (Å²) in [7, 11) is 2.06. The highest BCUT2D eigenvalue weighted by Crippen LogP contribution is 2.21. The number of benzene rings is 1. The van der Waals surface area contributed by atoms with Crippen LogP contribution in [-0.4, -0.2) is 31.1 Å². The zero-order valence-corrected chi connectivity index (χ0v) is 11.1. The molecule has 1 aliphatic heterocycles. The normalized spacial score (nSPS) is 17.8. The average molecular weight is 232 g/mol. The zero-order valence-electron chi connectivity index (χ0n) is 11.1. The van der Waals surface area contributed by atoms with Crippen LogP contribution in [0.15, 0.2) is 24.3 Å². The molecule has 0 aliphatic carbocycles. The maximum absolute atomic E-state index is 3.33. The second-order valence-electron chi connectivity index (χ2n) is 4.99. The predicted octanol–water partition coefficient (Wildman–Crippen LogP) is 2.43. The van der Waals surface area contributed by atoms with E-state index in [1.54, 1.807) is 5.56 Å². The van der Waals surface area contributed by atoms with Gasteiger partial charge in [-0.3, -0.25) is 4.90 Å². The van der Waals surface area contributed by atoms with Crippen LogP contribution in [0.5, 0.6) is 0 Å². The van der Waals surface area contributed by atoms with E-state index in [1.165, 1.54) is 31.4 Å². The first kappa shape index (κ1) is 12.6. The highest BCUT2D eigenvalue weighted by atomic mass is 15.2. The first-order valence-corrected chi connectivity index (χ1v) is 6.80. The molecule has 0 spiro atoms. The minimum Gasteiger partial charge on any atom is -0.318 e. The molecular weight excluding hydrogens is 208 g/mol. The number of fused-ring (bicyclic) bond motifs is 1. The molecule has 0 saturated heterocycles. The van der Waals surface area contributed by atoms with E-state index in [2.05, 4.69) is 48.5 Å². The summed E-state index contributed by atoms with van der Waals surface area (Å²) in [5.74, 6) is 0. The molecule has 0 radical (unpaired) electrons. The van der Waals surface area contributed by atoms with Crippen molar-refractivity contribution in [2.75, 3.05) is 20.1 Å². The van der Waals surface area contributed by atoms with Crippen LogP contribution in [0.25, 0.3) is 0 Å². The van der Waals surface area contributed by atoms with Crippen LogP contribution in [-0.2, 0) is 13.0 Å². The lowest BCUT2D eigenvalue weighted by Gasteiger charge is -2.35. The average Bonchev–Trinajstić information content (AvgIpc) is 2.38. The fourth-order valence-electron chi connectivity index (χ4n) is 2.81. The molecule has 17 heavy (non-hydrogen) atoms. The summed E-state index contributed by atoms with van der Waals surface area (Å²) in [5.41, 5.74) is 3.07. The van der Waals surface area contributed by atoms with Gasteiger partial charge in [-0.15, -0.1) is 0 Å². The maximum atomic E-state index is 3.33. The van der Waals surface area contributed by atoms with Crippen LogP contribution in [0.3, 0.4) is 0 Å². The van der Waals surface area contributed by atoms with E-state index in [0.29, 0.717) is 6.04 Å². The quantitative estimate of drug-likeness (QED) is 0.839. The Kier molecular flexibility index (Phi) is 4.57. The van der Waals surface area contributed by atoms with Gasteiger partial charge in [0, 0.05) is 25.7 Å². The summed E-state index contributed by atoms with van der Waals surface area (Å²) in [6, 6.07) is 9.57. The lowest BCUT2D eigenvalue weighted by Crippen LogP contribution is -2.44. The zero-order chi connectivity index (χ0) is 12.1. The summed E-state index contributed by atoms with van der Waals surface area (Å²) in [5, 5.41) is 3.33. The number of rotatable bonds is 5. The van der Waals surface area contributed by atoms with E-state index < -0.39 is 0 Å². The Morgan fingerprint density at radius 2 is 2.06 bits per heavy atom. The largest absolute Gasteiger partial charge is 0.318 e. The second kappa shape index (κ2) is 6.18. The van der Waals surface area contributed by atoms with Crippen LogP contribution in [0, 0.1) is 0 Å². The molecule has 1 heterocycles. The van der Waals surface area contributed by atoms with Crippen LogP contribution in [0.1, 0.15) is 30.9 Å². The Bertz CT molecular complexity index is 343. The number of nitrogens with zero attached hydrogens (tertiary/aromatic N) is 1. The summed E-state index contributed by atoms with van der Waals surface area (Å²) < 4.78 is 0. The van der Waals surface area contributed by atoms with Crippen molar-refractivity contribution in [3.05, 3.63) is 35.4 Å². The summed E-state index contributed by atoms with van der Waals surface area (Å²) in [6.45, 7) is 5.72. The predicted molar refractivity (Wildman–Crippen MR) is 73.2 cm³/mol. The standard InChI is InChI=1S/C15H24N2/c1-3-6-15(11-16-2)17-10-9-13-7-4-5-8-14(13)12-17/h4-5,7-8,15-16H,3,6,9-12H2,1-2H3. The molecule has 2 rings (SSSR count). The van der Waals surface area contributed by atoms with Crippen molar-refractivity contribution in [3.63, 3.8) is 0 Å². The van der Waals surface area contributed by atoms with Gasteiger partial charge in [0.15, 0.2) is 0 Å². The molecule has 2 heteroatoms. The number of hydrogen-bond acceptors (Lipinski definition) is 2. The molecule has 1 aliphatic rings. The SMILES string of the molecule is CCCC(CNC)N1CCc2ccccc2C1. The van der Waals surface area contributed by atoms with Gasteiger partial charge in [-0.2, -0.15) is 0 Å². The number of hydrogen-bond donors (Lipinski definition) is 1. The van der Waals surface area contributed by atoms with Gasteiger partial charge in [-0.05, 0) is 31.0 Å². The van der Waals surface area contributed by atoms with E-state index in [0.717, 1.165) is 13.1 Å². The smallest absolute Gasteiger partial charge is 0.0240 e. The highest BCUT2D eigenvalue weighted by Gasteiger charge is 2.21. The molecule has 0 saturated carbocycles. The van der Waals surface area contributed by atoms with Gasteiger partial charge in [0.05, 0.1) is 0 Å². The number of nitrogens with one attached hydrogen (secondary N) is 1. The number of likely N-dealkylation sites (N-methyl/N-ethyl adjacent to an activating group) is 1. The Morgan fingerprint density at radius 1 is 1.29 bits per heavy atom. The molecule has 0 bridgehead atoms. The van der Waals surface area contributed by atoms with Crippen molar-refractivity contribution < 1.29 is 0 Å². The Balaban J connectivity index is 2.04. The molecule has 1 aromatic rings. The Labute approximate surface area is 105 Å². The second-order valence-corrected chi connectivity index (χ2v) is 4.99. The minimum atomic E-state index is 0.693. The molecule has 1 N–H and O–H groups in total. The molecule has 1 unspecified atom stereocenters. The molecule has 0 aromatic heterocycles. The van der Waals surface area contributed by atoms with Gasteiger partial charge in [-0.25, -0.2) is 0 Å². The third-order valence-corrected chi connectivity index (χ3v) is 3.74. The van der Waals surface area contributed by atoms with Gasteiger partial charge in [0.1, 0.15) is 0 Å². The maximum Gasteiger partial charge on any atom is 0.0240 e. The van der Waals surface area contributed by atoms with Gasteiger partial charge in [-0.1, -0.05) is 37.6 Å². The van der Waals surface area contributed by atoms with Gasteiger partial charge < -0.3 is 5.32 Å². The minimum absolute atomic E-state index is 0.693. The van der Waals surface area contributed by atoms with Gasteiger partial charge in [0.25, 0.3) is 0 Å². The summed E-state index contributed by atoms with van der Waals surface area (Å²) in [4.78, 5) is 2.64. The highest BCUT2D eigenvalue weighted by molar-refractivity contribution is 5.29. The van der Waals surface area contributed by atoms with Crippen LogP contribution in [0.4, 0.5) is 0 Å². The molecule has 2 nitrogen and oxygen atoms in total. The third-order valence-electron chi connectivity index (χ3n) is 3.74. The van der Waals surface area contributed by atoms with E-state index in [9.17, 15) is 0 Å². The van der Waals surface area contributed by atoms with E-state index in [1.807, 2.05) is 0 Å². The molecule has 94 valence electrons. The monoisotopic (exact) mass is 232 g/mol. The third kappa shape index (κ3) is 3.08. The first-order valence-electron chi connectivity index (χ1n) is 6.80. The van der Waals surface area contributed by atoms with Crippen LogP contribution >= 0.6 is 0 Å². The van der Waals surface area contributed by atoms with Crippen molar-refractivity contribution in [3.8, 4) is 0 Å². The van der Waals surface area contributed by atoms with E-state index >= 15 is 0 Å². The fourth-order valence-corrected chi connectivity index (χ4v) is 2.81. The van der Waals surface area contributed by atoms with E-state index in [4.69, 9.17) is 0 Å². The van der Waals surface area contributed by atoms with Crippen molar-refractivity contribution in [1.29, 1.82) is 0 Å². The molecular formula is C15H24N2. The molecule has 0 amide bonds. The van der Waals surface area contributed by atoms with Crippen LogP contribution < -0.4 is 5.32 Å². The Hall–Kier alpha value is -0.860. The van der Waals surface area contributed by atoms with Crippen molar-refractivity contribution >= 4 is 0 Å². The lowest BCUT2D eigenvalue weighted by atomic mass is 9.97. The fraction of sp³-hybridized carbons (Fsp3) is 0.600. The Morgan fingerprint density at radius 3 is 2.76 bits per heavy atom. The van der Waals surface area contributed by atoms with E-state index in [-0.39, 0.29) is 0 Å². The molecule has 1 atom stereocenters. The molecule has 0 fully saturated rings. The lowest BCUT2D eigenvalue weighted by molar-refractivity contribution is 0.167. The van der Waals surface area contributed by atoms with Gasteiger partial charge in [0.2, 0.25) is 0 Å². The van der Waals surface area contributed by atoms with Gasteiger partial charge >= 0.3 is 0 Å². The molecule has 1 aromatic carbocycles. The summed E-state index contributed by atoms with van der Waals surface area (Å²) >= 11 is 0.